The highest BCUT2D eigenvalue weighted by molar-refractivity contribution is 5.89. The van der Waals surface area contributed by atoms with Crippen LogP contribution in [0.3, 0.4) is 0 Å². The first-order valence-corrected chi connectivity index (χ1v) is 7.76. The fourth-order valence-electron chi connectivity index (χ4n) is 2.80. The van der Waals surface area contributed by atoms with E-state index in [0.29, 0.717) is 30.2 Å². The average molecular weight is 326 g/mol. The first kappa shape index (κ1) is 15.9. The zero-order valence-corrected chi connectivity index (χ0v) is 13.4. The van der Waals surface area contributed by atoms with Crippen molar-refractivity contribution in [1.82, 2.24) is 10.1 Å². The van der Waals surface area contributed by atoms with E-state index in [9.17, 15) is 4.79 Å². The molecule has 1 aromatic carbocycles. The van der Waals surface area contributed by atoms with E-state index >= 15 is 0 Å². The molecule has 24 heavy (non-hydrogen) atoms. The fraction of sp³-hybridized carbons (Fsp3) is 0.353. The maximum absolute atomic E-state index is 12.3. The van der Waals surface area contributed by atoms with Crippen molar-refractivity contribution in [2.45, 2.75) is 18.8 Å². The van der Waals surface area contributed by atoms with Gasteiger partial charge in [0.25, 0.3) is 5.88 Å². The molecule has 1 saturated heterocycles. The molecule has 3 rings (SSSR count). The van der Waals surface area contributed by atoms with Gasteiger partial charge in [0.2, 0.25) is 0 Å². The molecule has 7 nitrogen and oxygen atoms in total. The second-order valence-electron chi connectivity index (χ2n) is 5.66. The fourth-order valence-corrected chi connectivity index (χ4v) is 2.80. The maximum atomic E-state index is 12.3. The van der Waals surface area contributed by atoms with Crippen molar-refractivity contribution in [3.8, 4) is 11.9 Å². The molecule has 2 aromatic rings. The van der Waals surface area contributed by atoms with Gasteiger partial charge in [0.1, 0.15) is 5.76 Å². The number of carbonyl (C=O) groups is 1. The number of nitrogens with zero attached hydrogens (tertiary/aromatic N) is 3. The van der Waals surface area contributed by atoms with Crippen LogP contribution in [0.25, 0.3) is 0 Å². The summed E-state index contributed by atoms with van der Waals surface area (Å²) in [6.45, 7) is 1.27. The lowest BCUT2D eigenvalue weighted by Gasteiger charge is -2.30. The Bertz CT molecular complexity index is 757. The first-order chi connectivity index (χ1) is 11.7. The van der Waals surface area contributed by atoms with Crippen LogP contribution < -0.4 is 10.1 Å². The lowest BCUT2D eigenvalue weighted by molar-refractivity contribution is 0.188. The molecule has 2 heterocycles. The molecule has 1 fully saturated rings. The molecule has 2 amide bonds. The van der Waals surface area contributed by atoms with Crippen molar-refractivity contribution >= 4 is 11.7 Å². The van der Waals surface area contributed by atoms with Crippen LogP contribution in [-0.4, -0.2) is 36.3 Å². The maximum Gasteiger partial charge on any atom is 0.321 e. The van der Waals surface area contributed by atoms with E-state index in [2.05, 4.69) is 16.5 Å². The molecule has 0 bridgehead atoms. The van der Waals surface area contributed by atoms with Crippen LogP contribution in [0.5, 0.6) is 5.88 Å². The molecule has 1 N–H and O–H groups in total. The van der Waals surface area contributed by atoms with Crippen molar-refractivity contribution in [3.05, 3.63) is 41.7 Å². The Hall–Kier alpha value is -3.01. The number of ether oxygens (including phenoxy) is 1. The number of aromatic nitrogens is 1. The molecule has 7 heteroatoms. The molecule has 0 aliphatic carbocycles. The molecule has 1 aliphatic heterocycles. The van der Waals surface area contributed by atoms with Gasteiger partial charge in [-0.25, -0.2) is 4.79 Å². The first-order valence-electron chi connectivity index (χ1n) is 7.76. The summed E-state index contributed by atoms with van der Waals surface area (Å²) in [7, 11) is 1.55. The summed E-state index contributed by atoms with van der Waals surface area (Å²) in [5.41, 5.74) is 1.15. The summed E-state index contributed by atoms with van der Waals surface area (Å²) in [6, 6.07) is 10.6. The van der Waals surface area contributed by atoms with E-state index in [-0.39, 0.29) is 11.9 Å². The second-order valence-corrected chi connectivity index (χ2v) is 5.66. The third kappa shape index (κ3) is 3.49. The van der Waals surface area contributed by atoms with Crippen molar-refractivity contribution in [3.63, 3.8) is 0 Å². The van der Waals surface area contributed by atoms with Crippen molar-refractivity contribution < 1.29 is 14.1 Å². The molecule has 0 atom stereocenters. The molecular formula is C17H18N4O3. The lowest BCUT2D eigenvalue weighted by atomic mass is 9.94. The number of methoxy groups -OCH3 is 1. The molecule has 0 unspecified atom stereocenters. The largest absolute Gasteiger partial charge is 0.479 e. The van der Waals surface area contributed by atoms with Crippen molar-refractivity contribution in [1.29, 1.82) is 5.26 Å². The summed E-state index contributed by atoms with van der Waals surface area (Å²) in [5.74, 6) is 1.52. The smallest absolute Gasteiger partial charge is 0.321 e. The number of amides is 2. The molecular weight excluding hydrogens is 308 g/mol. The number of hydrogen-bond donors (Lipinski definition) is 1. The number of nitriles is 1. The summed E-state index contributed by atoms with van der Waals surface area (Å²) < 4.78 is 10.3. The van der Waals surface area contributed by atoms with Gasteiger partial charge in [0, 0.05) is 30.8 Å². The normalized spacial score (nSPS) is 14.9. The van der Waals surface area contributed by atoms with Crippen LogP contribution in [0.1, 0.15) is 30.1 Å². The number of likely N-dealkylation sites (tertiary alicyclic amines) is 1. The van der Waals surface area contributed by atoms with Crippen molar-refractivity contribution in [2.75, 3.05) is 25.5 Å². The van der Waals surface area contributed by atoms with E-state index in [1.807, 2.05) is 0 Å². The van der Waals surface area contributed by atoms with E-state index in [1.165, 1.54) is 0 Å². The molecule has 1 aromatic heterocycles. The summed E-state index contributed by atoms with van der Waals surface area (Å²) >= 11 is 0. The summed E-state index contributed by atoms with van der Waals surface area (Å²) in [4.78, 5) is 14.1. The zero-order chi connectivity index (χ0) is 16.9. The Balaban J connectivity index is 1.56. The second kappa shape index (κ2) is 7.04. The molecule has 0 saturated carbocycles. The van der Waals surface area contributed by atoms with Gasteiger partial charge in [-0.05, 0) is 36.2 Å². The van der Waals surface area contributed by atoms with Gasteiger partial charge >= 0.3 is 6.03 Å². The average Bonchev–Trinajstić information content (AvgIpc) is 3.11. The van der Waals surface area contributed by atoms with Crippen LogP contribution in [0.2, 0.25) is 0 Å². The Morgan fingerprint density at radius 1 is 1.42 bits per heavy atom. The predicted molar refractivity (Wildman–Crippen MR) is 86.8 cm³/mol. The monoisotopic (exact) mass is 326 g/mol. The number of anilines is 1. The molecule has 1 aliphatic rings. The van der Waals surface area contributed by atoms with Gasteiger partial charge in [0.05, 0.1) is 18.7 Å². The highest BCUT2D eigenvalue weighted by Crippen LogP contribution is 2.30. The number of urea groups is 1. The van der Waals surface area contributed by atoms with Gasteiger partial charge in [-0.15, -0.1) is 0 Å². The van der Waals surface area contributed by atoms with Crippen LogP contribution in [0.15, 0.2) is 34.9 Å². The van der Waals surface area contributed by atoms with Gasteiger partial charge in [-0.1, -0.05) is 6.07 Å². The lowest BCUT2D eigenvalue weighted by Crippen LogP contribution is -2.40. The Labute approximate surface area is 139 Å². The van der Waals surface area contributed by atoms with E-state index in [4.69, 9.17) is 14.5 Å². The summed E-state index contributed by atoms with van der Waals surface area (Å²) in [5, 5.41) is 15.6. The molecule has 0 spiro atoms. The number of rotatable bonds is 3. The minimum Gasteiger partial charge on any atom is -0.479 e. The van der Waals surface area contributed by atoms with Gasteiger partial charge in [-0.2, -0.15) is 5.26 Å². The highest BCUT2D eigenvalue weighted by atomic mass is 16.5. The summed E-state index contributed by atoms with van der Waals surface area (Å²) in [6.07, 6.45) is 1.62. The van der Waals surface area contributed by atoms with E-state index < -0.39 is 0 Å². The third-order valence-electron chi connectivity index (χ3n) is 4.14. The number of nitrogens with one attached hydrogen (secondary N) is 1. The van der Waals surface area contributed by atoms with Crippen LogP contribution in [0, 0.1) is 11.3 Å². The number of piperidine rings is 1. The minimum absolute atomic E-state index is 0.154. The van der Waals surface area contributed by atoms with E-state index in [0.717, 1.165) is 18.6 Å². The highest BCUT2D eigenvalue weighted by Gasteiger charge is 2.26. The number of hydrogen-bond acceptors (Lipinski definition) is 5. The quantitative estimate of drug-likeness (QED) is 0.936. The van der Waals surface area contributed by atoms with Gasteiger partial charge < -0.3 is 19.5 Å². The topological polar surface area (TPSA) is 91.4 Å². The molecule has 0 radical (unpaired) electrons. The minimum atomic E-state index is -0.154. The van der Waals surface area contributed by atoms with Gasteiger partial charge in [-0.3, -0.25) is 0 Å². The third-order valence-corrected chi connectivity index (χ3v) is 4.14. The predicted octanol–water partition coefficient (Wildman–Crippen LogP) is 2.97. The van der Waals surface area contributed by atoms with Gasteiger partial charge in [0.15, 0.2) is 0 Å². The van der Waals surface area contributed by atoms with Crippen molar-refractivity contribution in [2.24, 2.45) is 0 Å². The van der Waals surface area contributed by atoms with Crippen LogP contribution in [0.4, 0.5) is 10.5 Å². The Kier molecular flexibility index (Phi) is 4.66. The van der Waals surface area contributed by atoms with Crippen LogP contribution in [-0.2, 0) is 0 Å². The zero-order valence-electron chi connectivity index (χ0n) is 13.4. The Morgan fingerprint density at radius 2 is 2.21 bits per heavy atom. The number of benzene rings is 1. The Morgan fingerprint density at radius 3 is 2.88 bits per heavy atom. The van der Waals surface area contributed by atoms with Crippen LogP contribution >= 0.6 is 0 Å². The molecule has 124 valence electrons. The SMILES string of the molecule is COc1cc(C2CCN(C(=O)Nc3cccc(C#N)c3)CC2)on1. The standard InChI is InChI=1S/C17H18N4O3/c1-23-16-10-15(24-20-16)13-5-7-21(8-6-13)17(22)19-14-4-2-3-12(9-14)11-18/h2-4,9-10,13H,5-8H2,1H3,(H,19,22). The number of carbonyl (C=O) groups excluding carboxylic acids is 1. The van der Waals surface area contributed by atoms with E-state index in [1.54, 1.807) is 42.3 Å².